The SMILES string of the molecule is C[C@H](CC(=O)Nc1cccc(F)c1)NC[C@@H]1CCS(=O)(=O)C1. The van der Waals surface area contributed by atoms with E-state index in [0.29, 0.717) is 18.7 Å². The molecule has 0 aromatic heterocycles. The molecule has 7 heteroatoms. The van der Waals surface area contributed by atoms with Gasteiger partial charge in [0.15, 0.2) is 9.84 Å². The van der Waals surface area contributed by atoms with Crippen LogP contribution in [0.2, 0.25) is 0 Å². The largest absolute Gasteiger partial charge is 0.326 e. The summed E-state index contributed by atoms with van der Waals surface area (Å²) in [5.74, 6) is 0.00509. The van der Waals surface area contributed by atoms with Gasteiger partial charge in [0.25, 0.3) is 0 Å². The van der Waals surface area contributed by atoms with Gasteiger partial charge in [0.05, 0.1) is 11.5 Å². The van der Waals surface area contributed by atoms with E-state index in [-0.39, 0.29) is 35.8 Å². The van der Waals surface area contributed by atoms with Crippen LogP contribution >= 0.6 is 0 Å². The number of rotatable bonds is 6. The Morgan fingerprint density at radius 2 is 2.23 bits per heavy atom. The predicted octanol–water partition coefficient (Wildman–Crippen LogP) is 1.57. The highest BCUT2D eigenvalue weighted by atomic mass is 32.2. The standard InChI is InChI=1S/C15H21FN2O3S/c1-11(17-9-12-5-6-22(20,21)10-12)7-15(19)18-14-4-2-3-13(16)8-14/h2-4,8,11-12,17H,5-7,9-10H2,1H3,(H,18,19)/t11-,12+/m1/s1. The number of benzene rings is 1. The fourth-order valence-electron chi connectivity index (χ4n) is 2.53. The molecule has 1 aromatic carbocycles. The quantitative estimate of drug-likeness (QED) is 0.831. The summed E-state index contributed by atoms with van der Waals surface area (Å²) in [6.45, 7) is 2.46. The van der Waals surface area contributed by atoms with Gasteiger partial charge in [0, 0.05) is 18.2 Å². The zero-order valence-electron chi connectivity index (χ0n) is 12.5. The summed E-state index contributed by atoms with van der Waals surface area (Å²) in [4.78, 5) is 11.9. The van der Waals surface area contributed by atoms with Crippen LogP contribution in [0, 0.1) is 11.7 Å². The first-order chi connectivity index (χ1) is 10.3. The third kappa shape index (κ3) is 5.38. The van der Waals surface area contributed by atoms with Crippen LogP contribution in [0.25, 0.3) is 0 Å². The fourth-order valence-corrected chi connectivity index (χ4v) is 4.39. The van der Waals surface area contributed by atoms with Crippen molar-refractivity contribution in [2.24, 2.45) is 5.92 Å². The molecule has 0 saturated carbocycles. The molecule has 1 aliphatic rings. The maximum absolute atomic E-state index is 13.0. The average molecular weight is 328 g/mol. The Labute approximate surface area is 130 Å². The first-order valence-corrected chi connectivity index (χ1v) is 9.15. The first-order valence-electron chi connectivity index (χ1n) is 7.33. The van der Waals surface area contributed by atoms with Gasteiger partial charge in [-0.25, -0.2) is 12.8 Å². The molecule has 0 spiro atoms. The van der Waals surface area contributed by atoms with Crippen LogP contribution < -0.4 is 10.6 Å². The van der Waals surface area contributed by atoms with E-state index in [0.717, 1.165) is 0 Å². The molecule has 2 atom stereocenters. The van der Waals surface area contributed by atoms with Crippen molar-refractivity contribution >= 4 is 21.4 Å². The third-order valence-corrected chi connectivity index (χ3v) is 5.52. The van der Waals surface area contributed by atoms with E-state index in [9.17, 15) is 17.6 Å². The average Bonchev–Trinajstić information content (AvgIpc) is 2.76. The summed E-state index contributed by atoms with van der Waals surface area (Å²) in [6, 6.07) is 5.67. The maximum Gasteiger partial charge on any atom is 0.225 e. The number of nitrogens with one attached hydrogen (secondary N) is 2. The van der Waals surface area contributed by atoms with Gasteiger partial charge < -0.3 is 10.6 Å². The van der Waals surface area contributed by atoms with Gasteiger partial charge in [-0.1, -0.05) is 6.07 Å². The van der Waals surface area contributed by atoms with Crippen molar-refractivity contribution in [3.63, 3.8) is 0 Å². The molecule has 1 heterocycles. The Kier molecular flexibility index (Phi) is 5.52. The van der Waals surface area contributed by atoms with Crippen molar-refractivity contribution in [3.05, 3.63) is 30.1 Å². The summed E-state index contributed by atoms with van der Waals surface area (Å²) < 4.78 is 35.8. The minimum Gasteiger partial charge on any atom is -0.326 e. The molecule has 1 fully saturated rings. The van der Waals surface area contributed by atoms with Gasteiger partial charge in [-0.15, -0.1) is 0 Å². The van der Waals surface area contributed by atoms with E-state index >= 15 is 0 Å². The Morgan fingerprint density at radius 3 is 2.86 bits per heavy atom. The summed E-state index contributed by atoms with van der Waals surface area (Å²) >= 11 is 0. The van der Waals surface area contributed by atoms with Crippen LogP contribution in [0.4, 0.5) is 10.1 Å². The molecule has 1 amide bonds. The highest BCUT2D eigenvalue weighted by Gasteiger charge is 2.27. The van der Waals surface area contributed by atoms with Crippen molar-refractivity contribution in [3.8, 4) is 0 Å². The van der Waals surface area contributed by atoms with E-state index < -0.39 is 15.7 Å². The lowest BCUT2D eigenvalue weighted by molar-refractivity contribution is -0.116. The lowest BCUT2D eigenvalue weighted by Gasteiger charge is -2.16. The number of anilines is 1. The van der Waals surface area contributed by atoms with Gasteiger partial charge in [0.2, 0.25) is 5.91 Å². The van der Waals surface area contributed by atoms with Gasteiger partial charge in [-0.3, -0.25) is 4.79 Å². The second-order valence-corrected chi connectivity index (χ2v) is 8.07. The van der Waals surface area contributed by atoms with Gasteiger partial charge in [0.1, 0.15) is 5.82 Å². The van der Waals surface area contributed by atoms with Crippen LogP contribution in [0.5, 0.6) is 0 Å². The summed E-state index contributed by atoms with van der Waals surface area (Å²) in [5.41, 5.74) is 0.430. The molecule has 2 rings (SSSR count). The molecule has 0 aliphatic carbocycles. The summed E-state index contributed by atoms with van der Waals surface area (Å²) in [6.07, 6.45) is 0.924. The molecule has 1 aromatic rings. The van der Waals surface area contributed by atoms with E-state index in [1.807, 2.05) is 6.92 Å². The van der Waals surface area contributed by atoms with Crippen LogP contribution in [-0.4, -0.2) is 38.4 Å². The predicted molar refractivity (Wildman–Crippen MR) is 83.9 cm³/mol. The minimum absolute atomic E-state index is 0.0723. The zero-order chi connectivity index (χ0) is 16.2. The Bertz CT molecular complexity index is 633. The number of hydrogen-bond donors (Lipinski definition) is 2. The van der Waals surface area contributed by atoms with Crippen molar-refractivity contribution < 1.29 is 17.6 Å². The second kappa shape index (κ2) is 7.19. The molecular weight excluding hydrogens is 307 g/mol. The van der Waals surface area contributed by atoms with E-state index in [1.165, 1.54) is 18.2 Å². The van der Waals surface area contributed by atoms with Crippen molar-refractivity contribution in [1.82, 2.24) is 5.32 Å². The van der Waals surface area contributed by atoms with Crippen molar-refractivity contribution in [1.29, 1.82) is 0 Å². The van der Waals surface area contributed by atoms with Crippen molar-refractivity contribution in [2.75, 3.05) is 23.4 Å². The van der Waals surface area contributed by atoms with Crippen LogP contribution in [-0.2, 0) is 14.6 Å². The lowest BCUT2D eigenvalue weighted by Crippen LogP contribution is -2.34. The first kappa shape index (κ1) is 16.9. The molecule has 1 aliphatic heterocycles. The molecule has 0 bridgehead atoms. The molecule has 0 unspecified atom stereocenters. The van der Waals surface area contributed by atoms with Crippen LogP contribution in [0.3, 0.4) is 0 Å². The number of sulfone groups is 1. The topological polar surface area (TPSA) is 75.3 Å². The number of amides is 1. The highest BCUT2D eigenvalue weighted by Crippen LogP contribution is 2.17. The number of carbonyl (C=O) groups excluding carboxylic acids is 1. The molecule has 1 saturated heterocycles. The van der Waals surface area contributed by atoms with E-state index in [1.54, 1.807) is 6.07 Å². The second-order valence-electron chi connectivity index (χ2n) is 5.84. The molecule has 2 N–H and O–H groups in total. The smallest absolute Gasteiger partial charge is 0.225 e. The maximum atomic E-state index is 13.0. The fraction of sp³-hybridized carbons (Fsp3) is 0.533. The van der Waals surface area contributed by atoms with E-state index in [2.05, 4.69) is 10.6 Å². The van der Waals surface area contributed by atoms with E-state index in [4.69, 9.17) is 0 Å². The third-order valence-electron chi connectivity index (χ3n) is 3.68. The lowest BCUT2D eigenvalue weighted by atomic mass is 10.1. The number of hydrogen-bond acceptors (Lipinski definition) is 4. The molecule has 5 nitrogen and oxygen atoms in total. The summed E-state index contributed by atoms with van der Waals surface area (Å²) in [7, 11) is -2.87. The number of carbonyl (C=O) groups is 1. The van der Waals surface area contributed by atoms with Gasteiger partial charge in [-0.2, -0.15) is 0 Å². The van der Waals surface area contributed by atoms with Crippen molar-refractivity contribution in [2.45, 2.75) is 25.8 Å². The molecule has 22 heavy (non-hydrogen) atoms. The zero-order valence-corrected chi connectivity index (χ0v) is 13.3. The molecule has 0 radical (unpaired) electrons. The summed E-state index contributed by atoms with van der Waals surface area (Å²) in [5, 5.41) is 5.83. The number of halogens is 1. The Morgan fingerprint density at radius 1 is 1.45 bits per heavy atom. The van der Waals surface area contributed by atoms with Gasteiger partial charge in [-0.05, 0) is 44.0 Å². The van der Waals surface area contributed by atoms with Crippen LogP contribution in [0.1, 0.15) is 19.8 Å². The highest BCUT2D eigenvalue weighted by molar-refractivity contribution is 7.91. The Balaban J connectivity index is 1.72. The normalized spacial score (nSPS) is 21.5. The minimum atomic E-state index is -2.87. The molecular formula is C15H21FN2O3S. The monoisotopic (exact) mass is 328 g/mol. The Hall–Kier alpha value is -1.47. The molecule has 122 valence electrons. The van der Waals surface area contributed by atoms with Crippen LogP contribution in [0.15, 0.2) is 24.3 Å². The van der Waals surface area contributed by atoms with Gasteiger partial charge >= 0.3 is 0 Å².